The van der Waals surface area contributed by atoms with Gasteiger partial charge >= 0.3 is 6.03 Å². The fourth-order valence-corrected chi connectivity index (χ4v) is 2.44. The van der Waals surface area contributed by atoms with Crippen molar-refractivity contribution < 1.29 is 18.7 Å². The Morgan fingerprint density at radius 3 is 2.56 bits per heavy atom. The van der Waals surface area contributed by atoms with Gasteiger partial charge in [-0.1, -0.05) is 0 Å². The molecule has 0 rings (SSSR count). The predicted octanol–water partition coefficient (Wildman–Crippen LogP) is 0.353. The van der Waals surface area contributed by atoms with E-state index in [-0.39, 0.29) is 6.29 Å². The number of ether oxygens (including phenoxy) is 2. The highest BCUT2D eigenvalue weighted by Crippen LogP contribution is 2.01. The van der Waals surface area contributed by atoms with E-state index in [2.05, 4.69) is 5.32 Å². The summed E-state index contributed by atoms with van der Waals surface area (Å²) in [5.41, 5.74) is 4.95. The Bertz CT molecular complexity index is 201. The van der Waals surface area contributed by atoms with Gasteiger partial charge in [-0.3, -0.25) is 0 Å². The fourth-order valence-electron chi connectivity index (χ4n) is 1.41. The molecular weight excluding hydrogens is 252 g/mol. The van der Waals surface area contributed by atoms with Crippen molar-refractivity contribution in [1.29, 1.82) is 0 Å². The number of hydrogen-bond donors (Lipinski definition) is 2. The quantitative estimate of drug-likeness (QED) is 0.307. The van der Waals surface area contributed by atoms with Crippen molar-refractivity contribution in [3.8, 4) is 0 Å². The Morgan fingerprint density at radius 1 is 1.33 bits per heavy atom. The molecule has 3 N–H and O–H groups in total. The molecule has 0 fully saturated rings. The number of rotatable bonds is 12. The number of urea groups is 1. The van der Waals surface area contributed by atoms with Crippen LogP contribution >= 0.6 is 0 Å². The molecule has 0 aliphatic heterocycles. The van der Waals surface area contributed by atoms with Crippen LogP contribution in [0.4, 0.5) is 4.79 Å². The average Bonchev–Trinajstić information content (AvgIpc) is 2.32. The summed E-state index contributed by atoms with van der Waals surface area (Å²) in [5.74, 6) is 0. The second kappa shape index (κ2) is 12.8. The van der Waals surface area contributed by atoms with Crippen molar-refractivity contribution in [2.24, 2.45) is 5.73 Å². The molecule has 108 valence electrons. The van der Waals surface area contributed by atoms with E-state index in [1.165, 1.54) is 0 Å². The summed E-state index contributed by atoms with van der Waals surface area (Å²) < 4.78 is 16.4. The van der Waals surface area contributed by atoms with Gasteiger partial charge in [-0.2, -0.15) is 0 Å². The molecular formula is C11H26N2O4Si. The molecule has 0 aromatic carbocycles. The van der Waals surface area contributed by atoms with E-state index in [1.807, 2.05) is 13.8 Å². The van der Waals surface area contributed by atoms with Crippen molar-refractivity contribution in [2.75, 3.05) is 26.4 Å². The van der Waals surface area contributed by atoms with Crippen molar-refractivity contribution in [1.82, 2.24) is 5.32 Å². The smallest absolute Gasteiger partial charge is 0.312 e. The normalized spacial score (nSPS) is 11.5. The number of primary amides is 1. The fraction of sp³-hybridized carbons (Fsp3) is 0.909. The lowest BCUT2D eigenvalue weighted by Crippen LogP contribution is -2.30. The predicted molar refractivity (Wildman–Crippen MR) is 73.2 cm³/mol. The van der Waals surface area contributed by atoms with Crippen LogP contribution in [0.5, 0.6) is 0 Å². The molecule has 0 aromatic rings. The Labute approximate surface area is 111 Å². The van der Waals surface area contributed by atoms with Crippen molar-refractivity contribution >= 4 is 15.8 Å². The van der Waals surface area contributed by atoms with Gasteiger partial charge in [0.05, 0.1) is 0 Å². The second-order valence-electron chi connectivity index (χ2n) is 3.74. The van der Waals surface area contributed by atoms with E-state index < -0.39 is 15.8 Å². The molecule has 18 heavy (non-hydrogen) atoms. The summed E-state index contributed by atoms with van der Waals surface area (Å²) in [6.07, 6.45) is 1.55. The molecule has 0 radical (unpaired) electrons. The summed E-state index contributed by atoms with van der Waals surface area (Å²) in [7, 11) is -0.508. The van der Waals surface area contributed by atoms with E-state index in [0.29, 0.717) is 26.4 Å². The van der Waals surface area contributed by atoms with Gasteiger partial charge in [0.1, 0.15) is 0 Å². The number of amides is 2. The van der Waals surface area contributed by atoms with Gasteiger partial charge in [0, 0.05) is 32.8 Å². The second-order valence-corrected chi connectivity index (χ2v) is 5.26. The first-order valence-electron chi connectivity index (χ1n) is 6.54. The van der Waals surface area contributed by atoms with Crippen LogP contribution in [-0.4, -0.2) is 48.4 Å². The first-order valence-corrected chi connectivity index (χ1v) is 8.12. The van der Waals surface area contributed by atoms with Crippen LogP contribution in [0.1, 0.15) is 26.7 Å². The molecule has 0 unspecified atom stereocenters. The molecule has 0 heterocycles. The lowest BCUT2D eigenvalue weighted by atomic mass is 10.4. The van der Waals surface area contributed by atoms with E-state index in [4.69, 9.17) is 19.6 Å². The molecule has 2 amide bonds. The van der Waals surface area contributed by atoms with Gasteiger partial charge < -0.3 is 25.0 Å². The minimum atomic E-state index is -0.508. The van der Waals surface area contributed by atoms with Gasteiger partial charge in [0.15, 0.2) is 16.1 Å². The maximum absolute atomic E-state index is 10.4. The maximum atomic E-state index is 10.4. The zero-order valence-corrected chi connectivity index (χ0v) is 12.9. The van der Waals surface area contributed by atoms with Crippen LogP contribution in [0.3, 0.4) is 0 Å². The van der Waals surface area contributed by atoms with Gasteiger partial charge in [-0.25, -0.2) is 4.79 Å². The third-order valence-electron chi connectivity index (χ3n) is 2.22. The zero-order chi connectivity index (χ0) is 13.6. The Morgan fingerprint density at radius 2 is 2.00 bits per heavy atom. The zero-order valence-electron chi connectivity index (χ0n) is 11.4. The third kappa shape index (κ3) is 11.8. The SMILES string of the molecule is CCOC(CCO[SiH2]CCCNC(N)=O)OCC. The lowest BCUT2D eigenvalue weighted by Gasteiger charge is -2.16. The highest BCUT2D eigenvalue weighted by Gasteiger charge is 2.06. The molecule has 6 nitrogen and oxygen atoms in total. The molecule has 7 heteroatoms. The third-order valence-corrected chi connectivity index (χ3v) is 3.58. The van der Waals surface area contributed by atoms with Gasteiger partial charge in [-0.15, -0.1) is 0 Å². The number of carbonyl (C=O) groups is 1. The molecule has 0 spiro atoms. The van der Waals surface area contributed by atoms with Crippen molar-refractivity contribution in [3.05, 3.63) is 0 Å². The van der Waals surface area contributed by atoms with Crippen LogP contribution in [-0.2, 0) is 13.9 Å². The highest BCUT2D eigenvalue weighted by molar-refractivity contribution is 6.26. The Hall–Kier alpha value is -0.633. The first-order chi connectivity index (χ1) is 8.70. The molecule has 0 atom stereocenters. The summed E-state index contributed by atoms with van der Waals surface area (Å²) in [5, 5.41) is 2.55. The van der Waals surface area contributed by atoms with Crippen molar-refractivity contribution in [3.63, 3.8) is 0 Å². The van der Waals surface area contributed by atoms with Gasteiger partial charge in [0.25, 0.3) is 0 Å². The van der Waals surface area contributed by atoms with Crippen LogP contribution in [0.15, 0.2) is 0 Å². The van der Waals surface area contributed by atoms with Crippen LogP contribution < -0.4 is 11.1 Å². The molecule has 0 aromatic heterocycles. The minimum absolute atomic E-state index is 0.148. The molecule has 0 saturated carbocycles. The monoisotopic (exact) mass is 278 g/mol. The van der Waals surface area contributed by atoms with Crippen LogP contribution in [0.2, 0.25) is 6.04 Å². The van der Waals surface area contributed by atoms with E-state index in [0.717, 1.165) is 18.9 Å². The summed E-state index contributed by atoms with van der Waals surface area (Å²) >= 11 is 0. The topological polar surface area (TPSA) is 82.8 Å². The van der Waals surface area contributed by atoms with Crippen LogP contribution in [0, 0.1) is 0 Å². The first kappa shape index (κ1) is 17.4. The van der Waals surface area contributed by atoms with Crippen LogP contribution in [0.25, 0.3) is 0 Å². The lowest BCUT2D eigenvalue weighted by molar-refractivity contribution is -0.142. The largest absolute Gasteiger partial charge is 0.424 e. The molecule has 0 aliphatic rings. The maximum Gasteiger partial charge on any atom is 0.312 e. The van der Waals surface area contributed by atoms with Gasteiger partial charge in [0.2, 0.25) is 0 Å². The summed E-state index contributed by atoms with van der Waals surface area (Å²) in [6, 6.07) is 0.572. The average molecular weight is 278 g/mol. The van der Waals surface area contributed by atoms with E-state index in [1.54, 1.807) is 0 Å². The van der Waals surface area contributed by atoms with E-state index in [9.17, 15) is 4.79 Å². The number of carbonyl (C=O) groups excluding carboxylic acids is 1. The standard InChI is InChI=1S/C11H26N2O4Si/c1-3-15-10(16-4-2)6-8-17-18-9-5-7-13-11(12)14/h10H,3-9,18H2,1-2H3,(H3,12,13,14). The molecule has 0 saturated heterocycles. The van der Waals surface area contributed by atoms with E-state index >= 15 is 0 Å². The minimum Gasteiger partial charge on any atom is -0.424 e. The summed E-state index contributed by atoms with van der Waals surface area (Å²) in [4.78, 5) is 10.4. The Balaban J connectivity index is 3.29. The Kier molecular flexibility index (Phi) is 12.4. The number of hydrogen-bond acceptors (Lipinski definition) is 4. The number of nitrogens with two attached hydrogens (primary N) is 1. The molecule has 0 bridgehead atoms. The summed E-state index contributed by atoms with van der Waals surface area (Å²) in [6.45, 7) is 6.52. The highest BCUT2D eigenvalue weighted by atomic mass is 28.2. The van der Waals surface area contributed by atoms with Crippen molar-refractivity contribution in [2.45, 2.75) is 39.0 Å². The van der Waals surface area contributed by atoms with Gasteiger partial charge in [-0.05, 0) is 26.3 Å². The molecule has 0 aliphatic carbocycles. The number of nitrogens with one attached hydrogen (secondary N) is 1.